The van der Waals surface area contributed by atoms with Gasteiger partial charge in [-0.25, -0.2) is 13.4 Å². The van der Waals surface area contributed by atoms with Gasteiger partial charge in [0.05, 0.1) is 61.7 Å². The van der Waals surface area contributed by atoms with Crippen molar-refractivity contribution in [1.29, 1.82) is 4.78 Å². The van der Waals surface area contributed by atoms with E-state index in [9.17, 15) is 21.8 Å². The Morgan fingerprint density at radius 3 is 2.66 bits per heavy atom. The first-order valence-corrected chi connectivity index (χ1v) is 15.8. The molecule has 2 fully saturated rings. The van der Waals surface area contributed by atoms with Crippen molar-refractivity contribution in [2.45, 2.75) is 54.2 Å². The molecule has 0 radical (unpaired) electrons. The zero-order chi connectivity index (χ0) is 29.4. The molecule has 3 atom stereocenters. The van der Waals surface area contributed by atoms with Crippen LogP contribution in [0.15, 0.2) is 41.3 Å². The van der Waals surface area contributed by atoms with E-state index in [4.69, 9.17) is 9.52 Å². The van der Waals surface area contributed by atoms with Crippen LogP contribution in [-0.4, -0.2) is 66.5 Å². The lowest BCUT2D eigenvalue weighted by molar-refractivity contribution is -0.126. The van der Waals surface area contributed by atoms with Gasteiger partial charge in [0, 0.05) is 18.3 Å². The van der Waals surface area contributed by atoms with Crippen LogP contribution >= 0.6 is 11.3 Å². The topological polar surface area (TPSA) is 77.4 Å². The van der Waals surface area contributed by atoms with Gasteiger partial charge < -0.3 is 20.3 Å². The highest BCUT2D eigenvalue weighted by Gasteiger charge is 2.34. The fourth-order valence-corrected chi connectivity index (χ4v) is 7.95. The summed E-state index contributed by atoms with van der Waals surface area (Å²) in [6.45, 7) is 1.16. The second-order valence-electron chi connectivity index (χ2n) is 10.5. The lowest BCUT2D eigenvalue weighted by Gasteiger charge is -2.33. The monoisotopic (exact) mass is 608 g/mol. The maximum Gasteiger partial charge on any atom is 0.393 e. The quantitative estimate of drug-likeness (QED) is 0.201. The zero-order valence-electron chi connectivity index (χ0n) is 22.7. The standard InChI is InChI=1S/C29H32F4N4O2S2/c1-37-14-12-23(22(30)17-37)36-25-6-3-5-20-21(16-29(31,32)33)27(40-28(20)25)7-4-13-35-24-11-10-19(15-26(24)39-2)41(34,38)18-8-9-18/h3,5-6,10-11,15,18,22-23,34-36H,8-9,12-14,16-17H2,1-2H3/t22-,23+,41-/m1/s1. The molecule has 0 bridgehead atoms. The normalized spacial score (nSPS) is 21.1. The highest BCUT2D eigenvalue weighted by molar-refractivity contribution is 7.93. The molecule has 3 aromatic rings. The summed E-state index contributed by atoms with van der Waals surface area (Å²) in [5, 5.41) is 6.69. The Kier molecular flexibility index (Phi) is 8.41. The molecule has 6 nitrogen and oxygen atoms in total. The molecule has 220 valence electrons. The first-order valence-electron chi connectivity index (χ1n) is 13.3. The fourth-order valence-electron chi connectivity index (χ4n) is 5.04. The minimum atomic E-state index is -4.42. The summed E-state index contributed by atoms with van der Waals surface area (Å²) in [5.74, 6) is 6.26. The van der Waals surface area contributed by atoms with E-state index in [1.807, 2.05) is 11.9 Å². The summed E-state index contributed by atoms with van der Waals surface area (Å²) in [6.07, 6.45) is -4.47. The summed E-state index contributed by atoms with van der Waals surface area (Å²) in [7, 11) is 0.455. The minimum absolute atomic E-state index is 0.112. The maximum absolute atomic E-state index is 14.7. The van der Waals surface area contributed by atoms with E-state index in [2.05, 4.69) is 22.5 Å². The van der Waals surface area contributed by atoms with Crippen LogP contribution in [0, 0.1) is 16.6 Å². The number of nitrogens with zero attached hydrogens (tertiary/aromatic N) is 1. The Hall–Kier alpha value is -3.01. The zero-order valence-corrected chi connectivity index (χ0v) is 24.4. The summed E-state index contributed by atoms with van der Waals surface area (Å²) in [6, 6.07) is 9.61. The van der Waals surface area contributed by atoms with E-state index in [0.717, 1.165) is 19.4 Å². The van der Waals surface area contributed by atoms with E-state index in [0.29, 0.717) is 49.9 Å². The average Bonchev–Trinajstić information content (AvgIpc) is 3.72. The number of alkyl halides is 4. The van der Waals surface area contributed by atoms with Crippen LogP contribution in [0.3, 0.4) is 0 Å². The van der Waals surface area contributed by atoms with Crippen molar-refractivity contribution in [2.24, 2.45) is 0 Å². The van der Waals surface area contributed by atoms with E-state index in [1.165, 1.54) is 18.4 Å². The van der Waals surface area contributed by atoms with Crippen LogP contribution < -0.4 is 15.4 Å². The molecule has 1 aromatic heterocycles. The highest BCUT2D eigenvalue weighted by Crippen LogP contribution is 2.40. The van der Waals surface area contributed by atoms with Crippen LogP contribution in [0.1, 0.15) is 29.7 Å². The summed E-state index contributed by atoms with van der Waals surface area (Å²) in [4.78, 5) is 2.65. The van der Waals surface area contributed by atoms with Crippen molar-refractivity contribution in [3.63, 3.8) is 0 Å². The average molecular weight is 609 g/mol. The molecule has 2 heterocycles. The second-order valence-corrected chi connectivity index (χ2v) is 13.9. The van der Waals surface area contributed by atoms with Gasteiger partial charge in [-0.15, -0.1) is 11.3 Å². The first-order chi connectivity index (χ1) is 19.5. The Bertz CT molecular complexity index is 1590. The predicted octanol–water partition coefficient (Wildman–Crippen LogP) is 6.50. The Morgan fingerprint density at radius 1 is 1.20 bits per heavy atom. The molecular weight excluding hydrogens is 576 g/mol. The molecule has 3 N–H and O–H groups in total. The Morgan fingerprint density at radius 2 is 1.98 bits per heavy atom. The highest BCUT2D eigenvalue weighted by atomic mass is 32.2. The van der Waals surface area contributed by atoms with Crippen molar-refractivity contribution < 1.29 is 26.5 Å². The Labute approximate surface area is 241 Å². The SMILES string of the molecule is COc1cc([S@](=N)(=O)C2CC2)ccc1NCC#Cc1sc2c(N[C@H]3CCN(C)C[C@H]3F)cccc2c1CC(F)(F)F. The molecule has 5 rings (SSSR count). The Balaban J connectivity index is 1.38. The molecule has 1 saturated heterocycles. The number of nitrogens with one attached hydrogen (secondary N) is 3. The number of hydrogen-bond acceptors (Lipinski definition) is 7. The van der Waals surface area contributed by atoms with Crippen molar-refractivity contribution in [2.75, 3.05) is 44.4 Å². The molecule has 12 heteroatoms. The summed E-state index contributed by atoms with van der Waals surface area (Å²) in [5.41, 5.74) is 1.30. The number of benzene rings is 2. The van der Waals surface area contributed by atoms with Crippen LogP contribution in [0.25, 0.3) is 10.1 Å². The number of fused-ring (bicyclic) bond motifs is 1. The number of piperidine rings is 1. The van der Waals surface area contributed by atoms with Crippen molar-refractivity contribution in [3.05, 3.63) is 46.8 Å². The lowest BCUT2D eigenvalue weighted by Crippen LogP contribution is -2.46. The van der Waals surface area contributed by atoms with Crippen molar-refractivity contribution in [1.82, 2.24) is 4.90 Å². The van der Waals surface area contributed by atoms with Gasteiger partial charge in [0.25, 0.3) is 0 Å². The molecule has 0 unspecified atom stereocenters. The smallest absolute Gasteiger partial charge is 0.393 e. The molecular formula is C29H32F4N4O2S2. The minimum Gasteiger partial charge on any atom is -0.495 e. The van der Waals surface area contributed by atoms with E-state index in [-0.39, 0.29) is 17.4 Å². The van der Waals surface area contributed by atoms with Gasteiger partial charge in [0.2, 0.25) is 0 Å². The molecule has 2 aromatic carbocycles. The summed E-state index contributed by atoms with van der Waals surface area (Å²) < 4.78 is 82.5. The van der Waals surface area contributed by atoms with Gasteiger partial charge in [-0.05, 0) is 61.5 Å². The van der Waals surface area contributed by atoms with E-state index in [1.54, 1.807) is 36.4 Å². The third-order valence-electron chi connectivity index (χ3n) is 7.37. The second kappa shape index (κ2) is 11.7. The van der Waals surface area contributed by atoms with Gasteiger partial charge in [0.1, 0.15) is 11.9 Å². The van der Waals surface area contributed by atoms with Crippen LogP contribution in [0.4, 0.5) is 28.9 Å². The molecule has 1 aliphatic carbocycles. The third-order valence-corrected chi connectivity index (χ3v) is 10.9. The van der Waals surface area contributed by atoms with Crippen LogP contribution in [0.5, 0.6) is 5.75 Å². The molecule has 0 amide bonds. The largest absolute Gasteiger partial charge is 0.495 e. The van der Waals surface area contributed by atoms with Gasteiger partial charge in [-0.1, -0.05) is 24.0 Å². The molecule has 2 aliphatic rings. The van der Waals surface area contributed by atoms with E-state index < -0.39 is 34.5 Å². The number of likely N-dealkylation sites (tertiary alicyclic amines) is 1. The van der Waals surface area contributed by atoms with Gasteiger partial charge in [0.15, 0.2) is 0 Å². The number of halogens is 4. The molecule has 41 heavy (non-hydrogen) atoms. The van der Waals surface area contributed by atoms with Gasteiger partial charge in [-0.3, -0.25) is 0 Å². The predicted molar refractivity (Wildman–Crippen MR) is 157 cm³/mol. The van der Waals surface area contributed by atoms with Crippen LogP contribution in [0.2, 0.25) is 0 Å². The summed E-state index contributed by atoms with van der Waals surface area (Å²) >= 11 is 1.17. The molecule has 1 saturated carbocycles. The maximum atomic E-state index is 14.7. The number of hydrogen-bond donors (Lipinski definition) is 3. The molecule has 0 spiro atoms. The van der Waals surface area contributed by atoms with E-state index >= 15 is 0 Å². The first kappa shape index (κ1) is 29.5. The number of ether oxygens (including phenoxy) is 1. The number of methoxy groups -OCH3 is 1. The van der Waals surface area contributed by atoms with Gasteiger partial charge >= 0.3 is 6.18 Å². The number of rotatable bonds is 8. The van der Waals surface area contributed by atoms with Crippen molar-refractivity contribution >= 4 is 42.5 Å². The lowest BCUT2D eigenvalue weighted by atomic mass is 10.0. The van der Waals surface area contributed by atoms with Crippen LogP contribution in [-0.2, 0) is 16.1 Å². The van der Waals surface area contributed by atoms with Gasteiger partial charge in [-0.2, -0.15) is 13.2 Å². The number of anilines is 2. The third kappa shape index (κ3) is 6.74. The molecule has 1 aliphatic heterocycles. The fraction of sp³-hybridized carbons (Fsp3) is 0.448. The van der Waals surface area contributed by atoms with Crippen molar-refractivity contribution in [3.8, 4) is 17.6 Å². The number of thiophene rings is 1.